The first-order valence-electron chi connectivity index (χ1n) is 7.36. The first kappa shape index (κ1) is 16.8. The predicted molar refractivity (Wildman–Crippen MR) is 86.6 cm³/mol. The van der Waals surface area contributed by atoms with Gasteiger partial charge in [0.25, 0.3) is 0 Å². The molecule has 2 aromatic rings. The quantitative estimate of drug-likeness (QED) is 0.653. The molecule has 2 rings (SSSR count). The summed E-state index contributed by atoms with van der Waals surface area (Å²) in [7, 11) is -3.68. The van der Waals surface area contributed by atoms with E-state index in [-0.39, 0.29) is 13.2 Å². The van der Waals surface area contributed by atoms with Gasteiger partial charge in [0.1, 0.15) is 0 Å². The van der Waals surface area contributed by atoms with E-state index in [0.29, 0.717) is 18.1 Å². The second kappa shape index (κ2) is 7.63. The topological polar surface area (TPSA) is 54.0 Å². The molecule has 22 heavy (non-hydrogen) atoms. The molecule has 0 heterocycles. The van der Waals surface area contributed by atoms with Crippen molar-refractivity contribution >= 4 is 18.6 Å². The van der Waals surface area contributed by atoms with Crippen LogP contribution in [0.15, 0.2) is 36.4 Å². The highest BCUT2D eigenvalue weighted by Crippen LogP contribution is 2.53. The fourth-order valence-electron chi connectivity index (χ4n) is 2.10. The van der Waals surface area contributed by atoms with E-state index in [9.17, 15) is 4.57 Å². The highest BCUT2D eigenvalue weighted by Gasteiger charge is 2.29. The predicted octanol–water partition coefficient (Wildman–Crippen LogP) is 4.80. The van der Waals surface area contributed by atoms with E-state index < -0.39 is 7.82 Å². The van der Waals surface area contributed by atoms with Crippen molar-refractivity contribution in [1.29, 1.82) is 0 Å². The maximum atomic E-state index is 12.7. The van der Waals surface area contributed by atoms with Gasteiger partial charge in [-0.05, 0) is 32.2 Å². The van der Waals surface area contributed by atoms with Gasteiger partial charge in [-0.15, -0.1) is 0 Å². The Balaban J connectivity index is 2.50. The van der Waals surface area contributed by atoms with Crippen LogP contribution in [0.1, 0.15) is 20.8 Å². The number of rotatable bonds is 8. The first-order chi connectivity index (χ1) is 10.6. The SMILES string of the molecule is CCOc1ccc2ccccc2c1OP(=O)(OCC)OCC. The van der Waals surface area contributed by atoms with E-state index in [1.165, 1.54) is 0 Å². The summed E-state index contributed by atoms with van der Waals surface area (Å²) in [5.41, 5.74) is 0. The van der Waals surface area contributed by atoms with Crippen LogP contribution in [-0.2, 0) is 13.6 Å². The zero-order valence-electron chi connectivity index (χ0n) is 13.1. The molecular formula is C16H21O5P. The van der Waals surface area contributed by atoms with Crippen LogP contribution in [0.2, 0.25) is 0 Å². The van der Waals surface area contributed by atoms with Gasteiger partial charge < -0.3 is 9.26 Å². The zero-order valence-corrected chi connectivity index (χ0v) is 14.0. The molecule has 0 aliphatic rings. The second-order valence-corrected chi connectivity index (χ2v) is 6.01. The molecule has 0 saturated heterocycles. The molecule has 2 aromatic carbocycles. The van der Waals surface area contributed by atoms with Crippen LogP contribution >= 0.6 is 7.82 Å². The Morgan fingerprint density at radius 2 is 1.59 bits per heavy atom. The fourth-order valence-corrected chi connectivity index (χ4v) is 3.33. The van der Waals surface area contributed by atoms with Gasteiger partial charge in [-0.1, -0.05) is 30.3 Å². The average Bonchev–Trinajstić information content (AvgIpc) is 2.50. The Labute approximate surface area is 130 Å². The Morgan fingerprint density at radius 1 is 0.909 bits per heavy atom. The highest BCUT2D eigenvalue weighted by atomic mass is 31.2. The lowest BCUT2D eigenvalue weighted by Crippen LogP contribution is -2.04. The van der Waals surface area contributed by atoms with Crippen LogP contribution in [0.4, 0.5) is 0 Å². The summed E-state index contributed by atoms with van der Waals surface area (Å²) >= 11 is 0. The van der Waals surface area contributed by atoms with Crippen LogP contribution < -0.4 is 9.26 Å². The highest BCUT2D eigenvalue weighted by molar-refractivity contribution is 7.49. The third-order valence-electron chi connectivity index (χ3n) is 2.92. The number of phosphoric ester groups is 1. The van der Waals surface area contributed by atoms with Crippen LogP contribution in [0.25, 0.3) is 10.8 Å². The molecule has 0 amide bonds. The maximum absolute atomic E-state index is 12.7. The minimum absolute atomic E-state index is 0.228. The molecule has 0 spiro atoms. The average molecular weight is 324 g/mol. The Hall–Kier alpha value is -1.55. The van der Waals surface area contributed by atoms with Gasteiger partial charge >= 0.3 is 7.82 Å². The molecule has 6 heteroatoms. The summed E-state index contributed by atoms with van der Waals surface area (Å²) < 4.78 is 34.3. The first-order valence-corrected chi connectivity index (χ1v) is 8.82. The monoisotopic (exact) mass is 324 g/mol. The van der Waals surface area contributed by atoms with Gasteiger partial charge in [0.15, 0.2) is 11.5 Å². The van der Waals surface area contributed by atoms with E-state index in [0.717, 1.165) is 10.8 Å². The third kappa shape index (κ3) is 3.80. The normalized spacial score (nSPS) is 11.6. The standard InChI is InChI=1S/C16H21O5P/c1-4-18-15-12-11-13-9-7-8-10-14(13)16(15)21-22(17,19-5-2)20-6-3/h7-12H,4-6H2,1-3H3. The lowest BCUT2D eigenvalue weighted by molar-refractivity contribution is 0.166. The van der Waals surface area contributed by atoms with E-state index in [4.69, 9.17) is 18.3 Å². The molecule has 0 bridgehead atoms. The van der Waals surface area contributed by atoms with Gasteiger partial charge in [0, 0.05) is 5.39 Å². The second-order valence-electron chi connectivity index (χ2n) is 4.42. The molecule has 0 aliphatic heterocycles. The van der Waals surface area contributed by atoms with Crippen LogP contribution in [0.3, 0.4) is 0 Å². The van der Waals surface area contributed by atoms with E-state index in [1.54, 1.807) is 19.9 Å². The summed E-state index contributed by atoms with van der Waals surface area (Å²) in [4.78, 5) is 0. The van der Waals surface area contributed by atoms with Crippen molar-refractivity contribution in [2.75, 3.05) is 19.8 Å². The third-order valence-corrected chi connectivity index (χ3v) is 4.48. The molecule has 0 unspecified atom stereocenters. The van der Waals surface area contributed by atoms with E-state index in [2.05, 4.69) is 0 Å². The number of fused-ring (bicyclic) bond motifs is 1. The molecule has 0 radical (unpaired) electrons. The van der Waals surface area contributed by atoms with Crippen LogP contribution in [-0.4, -0.2) is 19.8 Å². The molecule has 120 valence electrons. The summed E-state index contributed by atoms with van der Waals surface area (Å²) in [5.74, 6) is 0.894. The maximum Gasteiger partial charge on any atom is 0.530 e. The van der Waals surface area contributed by atoms with E-state index >= 15 is 0 Å². The molecule has 0 aliphatic carbocycles. The molecule has 0 fully saturated rings. The van der Waals surface area contributed by atoms with Gasteiger partial charge in [0.2, 0.25) is 0 Å². The number of ether oxygens (including phenoxy) is 1. The number of benzene rings is 2. The summed E-state index contributed by atoms with van der Waals surface area (Å²) in [6.07, 6.45) is 0. The van der Waals surface area contributed by atoms with Gasteiger partial charge in [-0.25, -0.2) is 4.57 Å². The molecule has 0 saturated carbocycles. The minimum Gasteiger partial charge on any atom is -0.490 e. The Bertz CT molecular complexity index is 661. The van der Waals surface area contributed by atoms with Crippen molar-refractivity contribution in [2.24, 2.45) is 0 Å². The van der Waals surface area contributed by atoms with Gasteiger partial charge in [-0.3, -0.25) is 9.05 Å². The smallest absolute Gasteiger partial charge is 0.490 e. The van der Waals surface area contributed by atoms with Crippen molar-refractivity contribution in [1.82, 2.24) is 0 Å². The van der Waals surface area contributed by atoms with Crippen molar-refractivity contribution in [3.05, 3.63) is 36.4 Å². The fraction of sp³-hybridized carbons (Fsp3) is 0.375. The molecule has 0 atom stereocenters. The van der Waals surface area contributed by atoms with Crippen LogP contribution in [0.5, 0.6) is 11.5 Å². The van der Waals surface area contributed by atoms with Gasteiger partial charge in [0.05, 0.1) is 19.8 Å². The Kier molecular flexibility index (Phi) is 5.83. The zero-order chi connectivity index (χ0) is 16.0. The van der Waals surface area contributed by atoms with Crippen molar-refractivity contribution in [3.8, 4) is 11.5 Å². The number of hydrogen-bond donors (Lipinski definition) is 0. The summed E-state index contributed by atoms with van der Waals surface area (Å²) in [6.45, 7) is 6.28. The van der Waals surface area contributed by atoms with E-state index in [1.807, 2.05) is 37.3 Å². The number of phosphoric acid groups is 1. The molecule has 0 N–H and O–H groups in total. The Morgan fingerprint density at radius 3 is 2.23 bits per heavy atom. The lowest BCUT2D eigenvalue weighted by atomic mass is 10.1. The minimum atomic E-state index is -3.68. The molecular weight excluding hydrogens is 303 g/mol. The van der Waals surface area contributed by atoms with Crippen molar-refractivity contribution < 1.29 is 22.9 Å². The van der Waals surface area contributed by atoms with Crippen molar-refractivity contribution in [3.63, 3.8) is 0 Å². The van der Waals surface area contributed by atoms with Crippen molar-refractivity contribution in [2.45, 2.75) is 20.8 Å². The lowest BCUT2D eigenvalue weighted by Gasteiger charge is -2.20. The summed E-state index contributed by atoms with van der Waals surface area (Å²) in [6, 6.07) is 11.4. The summed E-state index contributed by atoms with van der Waals surface area (Å²) in [5, 5.41) is 1.76. The molecule has 0 aromatic heterocycles. The molecule has 5 nitrogen and oxygen atoms in total. The van der Waals surface area contributed by atoms with Gasteiger partial charge in [-0.2, -0.15) is 0 Å². The van der Waals surface area contributed by atoms with Crippen LogP contribution in [0, 0.1) is 0 Å². The largest absolute Gasteiger partial charge is 0.530 e. The number of hydrogen-bond acceptors (Lipinski definition) is 5.